The summed E-state index contributed by atoms with van der Waals surface area (Å²) in [5.41, 5.74) is 12.2. The van der Waals surface area contributed by atoms with Crippen molar-refractivity contribution in [2.24, 2.45) is 0 Å². The van der Waals surface area contributed by atoms with E-state index < -0.39 is 0 Å². The minimum absolute atomic E-state index is 0.687. The Morgan fingerprint density at radius 2 is 1.00 bits per heavy atom. The van der Waals surface area contributed by atoms with Crippen LogP contribution in [0.15, 0.2) is 200 Å². The van der Waals surface area contributed by atoms with Crippen molar-refractivity contribution in [3.05, 3.63) is 200 Å². The molecule has 0 amide bonds. The Labute approximate surface area is 328 Å². The lowest BCUT2D eigenvalue weighted by Gasteiger charge is -2.15. The average molecular weight is 732 g/mol. The van der Waals surface area contributed by atoms with E-state index in [0.717, 1.165) is 44.8 Å². The molecule has 11 rings (SSSR count). The molecule has 0 saturated carbocycles. The van der Waals surface area contributed by atoms with Gasteiger partial charge in [-0.1, -0.05) is 164 Å². The molecule has 0 atom stereocenters. The summed E-state index contributed by atoms with van der Waals surface area (Å²) in [4.78, 5) is 10.5. The van der Waals surface area contributed by atoms with Crippen LogP contribution in [0.3, 0.4) is 0 Å². The van der Waals surface area contributed by atoms with Crippen molar-refractivity contribution in [1.29, 1.82) is 0 Å². The third kappa shape index (κ3) is 5.42. The number of aromatic nitrogens is 3. The quantitative estimate of drug-likeness (QED) is 0.170. The highest BCUT2D eigenvalue weighted by Crippen LogP contribution is 2.45. The van der Waals surface area contributed by atoms with Crippen molar-refractivity contribution < 1.29 is 0 Å². The van der Waals surface area contributed by atoms with Gasteiger partial charge in [0.15, 0.2) is 5.82 Å². The Bertz CT molecular complexity index is 3160. The first kappa shape index (κ1) is 32.3. The maximum absolute atomic E-state index is 5.39. The highest BCUT2D eigenvalue weighted by atomic mass is 32.1. The van der Waals surface area contributed by atoms with Gasteiger partial charge >= 0.3 is 0 Å². The first-order valence-corrected chi connectivity index (χ1v) is 19.7. The zero-order valence-corrected chi connectivity index (χ0v) is 31.1. The van der Waals surface area contributed by atoms with Crippen LogP contribution in [0, 0.1) is 0 Å². The molecule has 3 heterocycles. The lowest BCUT2D eigenvalue weighted by Crippen LogP contribution is -2.03. The molecule has 3 aromatic heterocycles. The van der Waals surface area contributed by atoms with Crippen LogP contribution in [-0.4, -0.2) is 14.5 Å². The molecule has 0 fully saturated rings. The maximum atomic E-state index is 5.39. The summed E-state index contributed by atoms with van der Waals surface area (Å²) >= 11 is 1.87. The molecular formula is C52H33N3S. The van der Waals surface area contributed by atoms with E-state index in [1.807, 2.05) is 35.6 Å². The van der Waals surface area contributed by atoms with Gasteiger partial charge in [0.1, 0.15) is 5.82 Å². The van der Waals surface area contributed by atoms with Crippen LogP contribution in [0.2, 0.25) is 0 Å². The Hall–Kier alpha value is -7.14. The van der Waals surface area contributed by atoms with Crippen molar-refractivity contribution in [2.75, 3.05) is 0 Å². The zero-order chi connectivity index (χ0) is 37.0. The van der Waals surface area contributed by atoms with Crippen LogP contribution in [0.1, 0.15) is 0 Å². The van der Waals surface area contributed by atoms with Gasteiger partial charge < -0.3 is 0 Å². The molecule has 0 N–H and O–H groups in total. The molecule has 0 aliphatic rings. The molecule has 0 radical (unpaired) electrons. The predicted octanol–water partition coefficient (Wildman–Crippen LogP) is 14.3. The van der Waals surface area contributed by atoms with Crippen molar-refractivity contribution in [2.45, 2.75) is 0 Å². The summed E-state index contributed by atoms with van der Waals surface area (Å²) in [7, 11) is 0. The van der Waals surface area contributed by atoms with E-state index in [0.29, 0.717) is 5.82 Å². The summed E-state index contributed by atoms with van der Waals surface area (Å²) in [5, 5.41) is 4.95. The number of benzene rings is 8. The monoisotopic (exact) mass is 731 g/mol. The average Bonchev–Trinajstić information content (AvgIpc) is 3.83. The first-order valence-electron chi connectivity index (χ1n) is 18.9. The van der Waals surface area contributed by atoms with E-state index in [1.54, 1.807) is 0 Å². The molecule has 3 nitrogen and oxygen atoms in total. The summed E-state index contributed by atoms with van der Waals surface area (Å²) in [5.74, 6) is 1.51. The zero-order valence-electron chi connectivity index (χ0n) is 30.3. The van der Waals surface area contributed by atoms with E-state index in [4.69, 9.17) is 9.97 Å². The lowest BCUT2D eigenvalue weighted by molar-refractivity contribution is 1.05. The van der Waals surface area contributed by atoms with Crippen molar-refractivity contribution >= 4 is 53.3 Å². The normalized spacial score (nSPS) is 11.6. The SMILES string of the molecule is c1ccc(-c2cc(-c3ccccc3)c3c(c2)c2cc(-c4cccc5c4sc4ccccc45)ccc2n3-c2cc(-c3ccccc3)nc(-c3ccccc3)n2)cc1. The lowest BCUT2D eigenvalue weighted by atomic mass is 9.95. The van der Waals surface area contributed by atoms with Gasteiger partial charge in [-0.05, 0) is 58.1 Å². The van der Waals surface area contributed by atoms with Crippen LogP contribution in [0.4, 0.5) is 0 Å². The molecular weight excluding hydrogens is 699 g/mol. The number of hydrogen-bond donors (Lipinski definition) is 0. The number of nitrogens with zero attached hydrogens (tertiary/aromatic N) is 3. The minimum Gasteiger partial charge on any atom is -0.293 e. The van der Waals surface area contributed by atoms with Gasteiger partial charge in [0.2, 0.25) is 0 Å². The summed E-state index contributed by atoms with van der Waals surface area (Å²) < 4.78 is 4.98. The first-order chi connectivity index (χ1) is 27.8. The van der Waals surface area contributed by atoms with Crippen LogP contribution < -0.4 is 0 Å². The van der Waals surface area contributed by atoms with E-state index in [9.17, 15) is 0 Å². The molecule has 0 aliphatic carbocycles. The van der Waals surface area contributed by atoms with Gasteiger partial charge in [-0.15, -0.1) is 11.3 Å². The number of hydrogen-bond acceptors (Lipinski definition) is 3. The molecule has 8 aromatic carbocycles. The maximum Gasteiger partial charge on any atom is 0.162 e. The highest BCUT2D eigenvalue weighted by Gasteiger charge is 2.22. The fourth-order valence-electron chi connectivity index (χ4n) is 8.19. The molecule has 56 heavy (non-hydrogen) atoms. The molecule has 4 heteroatoms. The summed E-state index contributed by atoms with van der Waals surface area (Å²) in [6.45, 7) is 0. The smallest absolute Gasteiger partial charge is 0.162 e. The predicted molar refractivity (Wildman–Crippen MR) is 236 cm³/mol. The standard InChI is InChI=1S/C52H33N3S/c1-5-16-34(17-6-1)39-31-43(35-18-7-2-8-19-35)50-45(32-39)44-30-38(40-25-15-26-42-41-24-13-14-27-48(41)56-51(40)42)28-29-47(44)55(50)49-33-46(36-20-9-3-10-21-36)53-52(54-49)37-22-11-4-12-23-37/h1-33H. The fraction of sp³-hybridized carbons (Fsp3) is 0. The number of fused-ring (bicyclic) bond motifs is 6. The van der Waals surface area contributed by atoms with Crippen molar-refractivity contribution in [1.82, 2.24) is 14.5 Å². The van der Waals surface area contributed by atoms with Crippen LogP contribution in [0.5, 0.6) is 0 Å². The third-order valence-electron chi connectivity index (χ3n) is 10.8. The molecule has 11 aromatic rings. The van der Waals surface area contributed by atoms with Crippen molar-refractivity contribution in [3.63, 3.8) is 0 Å². The Kier molecular flexibility index (Phi) is 7.68. The number of thiophene rings is 1. The molecule has 262 valence electrons. The minimum atomic E-state index is 0.687. The Morgan fingerprint density at radius 1 is 0.375 bits per heavy atom. The largest absolute Gasteiger partial charge is 0.293 e. The van der Waals surface area contributed by atoms with E-state index in [-0.39, 0.29) is 0 Å². The molecule has 0 bridgehead atoms. The van der Waals surface area contributed by atoms with Crippen LogP contribution >= 0.6 is 11.3 Å². The Balaban J connectivity index is 1.26. The molecule has 0 spiro atoms. The van der Waals surface area contributed by atoms with E-state index >= 15 is 0 Å². The van der Waals surface area contributed by atoms with Crippen LogP contribution in [0.25, 0.3) is 104 Å². The number of rotatable bonds is 6. The molecule has 0 aliphatic heterocycles. The highest BCUT2D eigenvalue weighted by molar-refractivity contribution is 7.26. The molecule has 0 saturated heterocycles. The van der Waals surface area contributed by atoms with Crippen LogP contribution in [-0.2, 0) is 0 Å². The van der Waals surface area contributed by atoms with E-state index in [2.05, 4.69) is 180 Å². The second-order valence-electron chi connectivity index (χ2n) is 14.2. The van der Waals surface area contributed by atoms with Gasteiger partial charge in [-0.25, -0.2) is 9.97 Å². The van der Waals surface area contributed by atoms with Crippen molar-refractivity contribution in [3.8, 4) is 61.8 Å². The topological polar surface area (TPSA) is 30.7 Å². The Morgan fingerprint density at radius 3 is 1.75 bits per heavy atom. The second-order valence-corrected chi connectivity index (χ2v) is 15.2. The van der Waals surface area contributed by atoms with Gasteiger partial charge in [0.25, 0.3) is 0 Å². The third-order valence-corrected chi connectivity index (χ3v) is 12.0. The second kappa shape index (κ2) is 13.3. The van der Waals surface area contributed by atoms with Gasteiger partial charge in [0.05, 0.1) is 16.7 Å². The van der Waals surface area contributed by atoms with Gasteiger partial charge in [-0.2, -0.15) is 0 Å². The molecule has 0 unspecified atom stereocenters. The van der Waals surface area contributed by atoms with Gasteiger partial charge in [0, 0.05) is 53.7 Å². The van der Waals surface area contributed by atoms with Gasteiger partial charge in [-0.3, -0.25) is 4.57 Å². The summed E-state index contributed by atoms with van der Waals surface area (Å²) in [6.07, 6.45) is 0. The van der Waals surface area contributed by atoms with E-state index in [1.165, 1.54) is 53.2 Å². The fourth-order valence-corrected chi connectivity index (χ4v) is 9.42. The summed E-state index contributed by atoms with van der Waals surface area (Å²) in [6, 6.07) is 71.5.